The van der Waals surface area contributed by atoms with Gasteiger partial charge in [0.2, 0.25) is 0 Å². The number of aromatic nitrogens is 1. The van der Waals surface area contributed by atoms with E-state index in [0.29, 0.717) is 5.69 Å². The van der Waals surface area contributed by atoms with E-state index in [2.05, 4.69) is 20.9 Å². The summed E-state index contributed by atoms with van der Waals surface area (Å²) in [5.74, 6) is -1.89. The maximum absolute atomic E-state index is 12.5. The molecule has 0 amide bonds. The van der Waals surface area contributed by atoms with Gasteiger partial charge in [0.25, 0.3) is 6.43 Å². The molecule has 1 heterocycles. The highest BCUT2D eigenvalue weighted by atomic mass is 79.9. The summed E-state index contributed by atoms with van der Waals surface area (Å²) in [5.41, 5.74) is 4.32. The number of pyridine rings is 1. The van der Waals surface area contributed by atoms with Crippen LogP contribution in [0, 0.1) is 0 Å². The number of halogens is 3. The molecule has 0 aliphatic heterocycles. The maximum atomic E-state index is 12.5. The predicted molar refractivity (Wildman–Crippen MR) is 53.2 cm³/mol. The number of carbonyl (C=O) groups is 1. The van der Waals surface area contributed by atoms with Crippen molar-refractivity contribution in [2.75, 3.05) is 5.73 Å². The van der Waals surface area contributed by atoms with Gasteiger partial charge in [-0.3, -0.25) is 0 Å². The van der Waals surface area contributed by atoms with Gasteiger partial charge in [-0.25, -0.2) is 18.6 Å². The quantitative estimate of drug-likeness (QED) is 0.833. The van der Waals surface area contributed by atoms with Crippen molar-refractivity contribution in [2.24, 2.45) is 0 Å². The average Bonchev–Trinajstić information content (AvgIpc) is 2.15. The highest BCUT2D eigenvalue weighted by Gasteiger charge is 2.22. The summed E-state index contributed by atoms with van der Waals surface area (Å²) in [6, 6.07) is 1.08. The third-order valence-corrected chi connectivity index (χ3v) is 2.30. The Morgan fingerprint density at radius 2 is 2.27 bits per heavy atom. The molecule has 0 bridgehead atoms. The zero-order chi connectivity index (χ0) is 11.6. The van der Waals surface area contributed by atoms with Crippen molar-refractivity contribution in [1.82, 2.24) is 4.98 Å². The lowest BCUT2D eigenvalue weighted by atomic mass is 10.1. The molecule has 0 unspecified atom stereocenters. The van der Waals surface area contributed by atoms with Gasteiger partial charge < -0.3 is 10.8 Å². The van der Waals surface area contributed by atoms with E-state index in [4.69, 9.17) is 10.8 Å². The third kappa shape index (κ3) is 2.41. The molecule has 0 aliphatic rings. The lowest BCUT2D eigenvalue weighted by Crippen LogP contribution is -2.10. The number of aromatic carboxylic acids is 1. The van der Waals surface area contributed by atoms with Crippen LogP contribution in [0.15, 0.2) is 6.07 Å². The normalized spacial score (nSPS) is 10.7. The van der Waals surface area contributed by atoms with E-state index in [9.17, 15) is 13.6 Å². The van der Waals surface area contributed by atoms with Crippen molar-refractivity contribution in [3.8, 4) is 0 Å². The van der Waals surface area contributed by atoms with Crippen molar-refractivity contribution in [2.45, 2.75) is 11.8 Å². The Balaban J connectivity index is 3.42. The fourth-order valence-electron chi connectivity index (χ4n) is 1.10. The van der Waals surface area contributed by atoms with Crippen molar-refractivity contribution >= 4 is 27.7 Å². The van der Waals surface area contributed by atoms with Gasteiger partial charge in [-0.1, -0.05) is 15.9 Å². The van der Waals surface area contributed by atoms with Crippen LogP contribution < -0.4 is 5.73 Å². The van der Waals surface area contributed by atoms with E-state index >= 15 is 0 Å². The van der Waals surface area contributed by atoms with E-state index in [1.165, 1.54) is 0 Å². The Morgan fingerprint density at radius 1 is 1.67 bits per heavy atom. The highest BCUT2D eigenvalue weighted by molar-refractivity contribution is 9.08. The molecule has 82 valence electrons. The maximum Gasteiger partial charge on any atom is 0.336 e. The molecule has 1 aromatic heterocycles. The van der Waals surface area contributed by atoms with E-state index < -0.39 is 29.3 Å². The van der Waals surface area contributed by atoms with Crippen LogP contribution in [0.1, 0.15) is 28.0 Å². The molecular weight excluding hydrogens is 274 g/mol. The zero-order valence-electron chi connectivity index (χ0n) is 7.38. The van der Waals surface area contributed by atoms with Crippen molar-refractivity contribution in [3.63, 3.8) is 0 Å². The molecule has 0 spiro atoms. The van der Waals surface area contributed by atoms with Crippen LogP contribution in [0.4, 0.5) is 14.6 Å². The Bertz CT molecular complexity index is 398. The SMILES string of the molecule is Nc1nc(CBr)cc(C(=O)O)c1C(F)F. The highest BCUT2D eigenvalue weighted by Crippen LogP contribution is 2.28. The molecule has 0 saturated heterocycles. The molecule has 1 rings (SSSR count). The number of nitrogen functional groups attached to an aromatic ring is 1. The van der Waals surface area contributed by atoms with Crippen LogP contribution in [0.25, 0.3) is 0 Å². The minimum absolute atomic E-state index is 0.251. The monoisotopic (exact) mass is 280 g/mol. The molecule has 0 fully saturated rings. The van der Waals surface area contributed by atoms with Gasteiger partial charge in [-0.2, -0.15) is 0 Å². The van der Waals surface area contributed by atoms with E-state index in [0.717, 1.165) is 6.07 Å². The first-order valence-corrected chi connectivity index (χ1v) is 4.96. The van der Waals surface area contributed by atoms with Crippen LogP contribution in [0.2, 0.25) is 0 Å². The number of anilines is 1. The zero-order valence-corrected chi connectivity index (χ0v) is 8.96. The van der Waals surface area contributed by atoms with Crippen LogP contribution in [0.5, 0.6) is 0 Å². The van der Waals surface area contributed by atoms with E-state index in [1.807, 2.05) is 0 Å². The number of carboxylic acids is 1. The van der Waals surface area contributed by atoms with Gasteiger partial charge in [0.1, 0.15) is 5.82 Å². The minimum Gasteiger partial charge on any atom is -0.478 e. The molecule has 3 N–H and O–H groups in total. The topological polar surface area (TPSA) is 76.2 Å². The summed E-state index contributed by atoms with van der Waals surface area (Å²) < 4.78 is 25.0. The summed E-state index contributed by atoms with van der Waals surface area (Å²) in [6.07, 6.45) is -2.95. The number of hydrogen-bond donors (Lipinski definition) is 2. The lowest BCUT2D eigenvalue weighted by Gasteiger charge is -2.09. The van der Waals surface area contributed by atoms with Crippen LogP contribution in [-0.2, 0) is 5.33 Å². The molecule has 15 heavy (non-hydrogen) atoms. The number of alkyl halides is 3. The molecule has 0 aliphatic carbocycles. The van der Waals surface area contributed by atoms with Crippen molar-refractivity contribution < 1.29 is 18.7 Å². The van der Waals surface area contributed by atoms with Gasteiger partial charge in [0.15, 0.2) is 0 Å². The Labute approximate surface area is 92.2 Å². The number of hydrogen-bond acceptors (Lipinski definition) is 3. The Kier molecular flexibility index (Phi) is 3.57. The second kappa shape index (κ2) is 4.52. The molecule has 0 aromatic carbocycles. The lowest BCUT2D eigenvalue weighted by molar-refractivity contribution is 0.0684. The number of nitrogens with zero attached hydrogens (tertiary/aromatic N) is 1. The third-order valence-electron chi connectivity index (χ3n) is 1.73. The first-order valence-electron chi connectivity index (χ1n) is 3.84. The van der Waals surface area contributed by atoms with Gasteiger partial charge in [0, 0.05) is 5.33 Å². The first kappa shape index (κ1) is 11.8. The summed E-state index contributed by atoms with van der Waals surface area (Å²) in [6.45, 7) is 0. The summed E-state index contributed by atoms with van der Waals surface area (Å²) in [5, 5.41) is 8.98. The Hall–Kier alpha value is -1.24. The van der Waals surface area contributed by atoms with Crippen molar-refractivity contribution in [3.05, 3.63) is 22.9 Å². The predicted octanol–water partition coefficient (Wildman–Crippen LogP) is 2.19. The van der Waals surface area contributed by atoms with E-state index in [1.54, 1.807) is 0 Å². The molecule has 0 atom stereocenters. The molecular formula is C8H7BrF2N2O2. The molecule has 4 nitrogen and oxygen atoms in total. The largest absolute Gasteiger partial charge is 0.478 e. The second-order valence-corrected chi connectivity index (χ2v) is 3.26. The van der Waals surface area contributed by atoms with Crippen LogP contribution in [0.3, 0.4) is 0 Å². The van der Waals surface area contributed by atoms with Gasteiger partial charge in [-0.15, -0.1) is 0 Å². The Morgan fingerprint density at radius 3 is 2.67 bits per heavy atom. The second-order valence-electron chi connectivity index (χ2n) is 2.70. The summed E-state index contributed by atoms with van der Waals surface area (Å²) in [7, 11) is 0. The molecule has 1 aromatic rings. The van der Waals surface area contributed by atoms with Gasteiger partial charge in [0.05, 0.1) is 16.8 Å². The fraction of sp³-hybridized carbons (Fsp3) is 0.250. The number of carboxylic acid groups (broad SMARTS) is 1. The molecule has 0 saturated carbocycles. The first-order chi connectivity index (χ1) is 6.97. The smallest absolute Gasteiger partial charge is 0.336 e. The molecule has 0 radical (unpaired) electrons. The minimum atomic E-state index is -2.95. The molecule has 7 heteroatoms. The van der Waals surface area contributed by atoms with Crippen LogP contribution in [-0.4, -0.2) is 16.1 Å². The fourth-order valence-corrected chi connectivity index (χ4v) is 1.39. The van der Waals surface area contributed by atoms with Gasteiger partial charge >= 0.3 is 5.97 Å². The standard InChI is InChI=1S/C8H7BrF2N2O2/c9-2-3-1-4(8(14)15)5(6(10)11)7(12)13-3/h1,6H,2H2,(H2,12,13)(H,14,15). The van der Waals surface area contributed by atoms with Gasteiger partial charge in [-0.05, 0) is 6.07 Å². The average molecular weight is 281 g/mol. The number of rotatable bonds is 3. The van der Waals surface area contributed by atoms with Crippen LogP contribution >= 0.6 is 15.9 Å². The summed E-state index contributed by atoms with van der Waals surface area (Å²) >= 11 is 3.04. The van der Waals surface area contributed by atoms with Crippen molar-refractivity contribution in [1.29, 1.82) is 0 Å². The summed E-state index contributed by atoms with van der Waals surface area (Å²) in [4.78, 5) is 14.4. The van der Waals surface area contributed by atoms with E-state index in [-0.39, 0.29) is 5.33 Å². The number of nitrogens with two attached hydrogens (primary N) is 1.